The van der Waals surface area contributed by atoms with Gasteiger partial charge in [0.2, 0.25) is 5.90 Å². The van der Waals surface area contributed by atoms with Gasteiger partial charge in [0.05, 0.1) is 12.1 Å². The molecule has 1 N–H and O–H groups in total. The lowest BCUT2D eigenvalue weighted by molar-refractivity contribution is 0.246. The third-order valence-corrected chi connectivity index (χ3v) is 2.62. The van der Waals surface area contributed by atoms with Gasteiger partial charge < -0.3 is 9.72 Å². The number of aromatic nitrogens is 1. The molecule has 1 unspecified atom stereocenters. The largest absolute Gasteiger partial charge is 0.472 e. The van der Waals surface area contributed by atoms with E-state index in [4.69, 9.17) is 4.74 Å². The van der Waals surface area contributed by atoms with Crippen molar-refractivity contribution in [3.63, 3.8) is 0 Å². The van der Waals surface area contributed by atoms with Crippen LogP contribution < -0.4 is 0 Å². The molecule has 1 aliphatic rings. The minimum atomic E-state index is 0.202. The lowest BCUT2D eigenvalue weighted by atomic mass is 10.2. The van der Waals surface area contributed by atoms with Crippen LogP contribution in [0.25, 0.3) is 10.9 Å². The van der Waals surface area contributed by atoms with Crippen LogP contribution >= 0.6 is 0 Å². The summed E-state index contributed by atoms with van der Waals surface area (Å²) < 4.78 is 5.64. The molecule has 2 aromatic rings. The van der Waals surface area contributed by atoms with E-state index in [1.165, 1.54) is 5.39 Å². The molecular formula is C12H12N2O. The number of ether oxygens (including phenoxy) is 1. The third-order valence-electron chi connectivity index (χ3n) is 2.62. The fourth-order valence-corrected chi connectivity index (χ4v) is 1.87. The van der Waals surface area contributed by atoms with Gasteiger partial charge in [-0.1, -0.05) is 18.2 Å². The molecule has 1 aromatic heterocycles. The van der Waals surface area contributed by atoms with E-state index in [0.717, 1.165) is 23.5 Å². The van der Waals surface area contributed by atoms with E-state index in [2.05, 4.69) is 22.1 Å². The minimum Gasteiger partial charge on any atom is -0.472 e. The molecule has 0 fully saturated rings. The second kappa shape index (κ2) is 3.12. The second-order valence-electron chi connectivity index (χ2n) is 3.82. The number of benzene rings is 1. The Bertz CT molecular complexity index is 527. The lowest BCUT2D eigenvalue weighted by Gasteiger charge is -2.03. The number of rotatable bonds is 1. The van der Waals surface area contributed by atoms with E-state index in [1.54, 1.807) is 0 Å². The molecule has 3 heteroatoms. The topological polar surface area (TPSA) is 37.4 Å². The maximum absolute atomic E-state index is 5.64. The third kappa shape index (κ3) is 1.31. The normalized spacial score (nSPS) is 20.3. The lowest BCUT2D eigenvalue weighted by Crippen LogP contribution is -2.08. The maximum atomic E-state index is 5.64. The quantitative estimate of drug-likeness (QED) is 0.753. The van der Waals surface area contributed by atoms with Gasteiger partial charge in [0.15, 0.2) is 0 Å². The monoisotopic (exact) mass is 200 g/mol. The molecule has 0 saturated heterocycles. The van der Waals surface area contributed by atoms with Gasteiger partial charge in [-0.05, 0) is 13.0 Å². The molecule has 2 heterocycles. The summed E-state index contributed by atoms with van der Waals surface area (Å²) in [7, 11) is 0. The van der Waals surface area contributed by atoms with Crippen molar-refractivity contribution in [2.45, 2.75) is 13.0 Å². The zero-order valence-corrected chi connectivity index (χ0v) is 8.53. The average molecular weight is 200 g/mol. The van der Waals surface area contributed by atoms with Crippen molar-refractivity contribution >= 4 is 16.8 Å². The van der Waals surface area contributed by atoms with Crippen molar-refractivity contribution in [1.82, 2.24) is 4.98 Å². The molecule has 1 aromatic carbocycles. The minimum absolute atomic E-state index is 0.202. The van der Waals surface area contributed by atoms with Crippen LogP contribution in [0, 0.1) is 0 Å². The molecule has 0 aliphatic carbocycles. The van der Waals surface area contributed by atoms with Gasteiger partial charge in [0.25, 0.3) is 0 Å². The van der Waals surface area contributed by atoms with E-state index >= 15 is 0 Å². The summed E-state index contributed by atoms with van der Waals surface area (Å²) in [5, 5.41) is 1.17. The number of hydrogen-bond donors (Lipinski definition) is 1. The highest BCUT2D eigenvalue weighted by atomic mass is 16.5. The van der Waals surface area contributed by atoms with Crippen LogP contribution in [0.15, 0.2) is 35.5 Å². The number of nitrogens with zero attached hydrogens (tertiary/aromatic N) is 1. The van der Waals surface area contributed by atoms with E-state index in [-0.39, 0.29) is 6.10 Å². The first-order valence-electron chi connectivity index (χ1n) is 5.12. The fraction of sp³-hybridized carbons (Fsp3) is 0.250. The molecule has 1 aliphatic heterocycles. The molecule has 0 radical (unpaired) electrons. The fourth-order valence-electron chi connectivity index (χ4n) is 1.87. The number of nitrogens with one attached hydrogen (secondary N) is 1. The summed E-state index contributed by atoms with van der Waals surface area (Å²) in [5.74, 6) is 0.764. The summed E-state index contributed by atoms with van der Waals surface area (Å²) in [6.45, 7) is 2.79. The number of hydrogen-bond acceptors (Lipinski definition) is 2. The molecule has 15 heavy (non-hydrogen) atoms. The van der Waals surface area contributed by atoms with E-state index in [9.17, 15) is 0 Å². The number of aromatic amines is 1. The highest BCUT2D eigenvalue weighted by Gasteiger charge is 2.19. The molecule has 0 spiro atoms. The predicted octanol–water partition coefficient (Wildman–Crippen LogP) is 2.33. The van der Waals surface area contributed by atoms with Crippen LogP contribution in [-0.2, 0) is 4.74 Å². The van der Waals surface area contributed by atoms with Crippen LogP contribution in [0.3, 0.4) is 0 Å². The summed E-state index contributed by atoms with van der Waals surface area (Å²) >= 11 is 0. The predicted molar refractivity (Wildman–Crippen MR) is 60.2 cm³/mol. The van der Waals surface area contributed by atoms with Crippen molar-refractivity contribution in [3.8, 4) is 0 Å². The Hall–Kier alpha value is -1.77. The summed E-state index contributed by atoms with van der Waals surface area (Å²) in [5.41, 5.74) is 2.19. The smallest absolute Gasteiger partial charge is 0.218 e. The number of aliphatic imine (C=N–C) groups is 1. The van der Waals surface area contributed by atoms with E-state index < -0.39 is 0 Å². The van der Waals surface area contributed by atoms with Crippen molar-refractivity contribution in [2.75, 3.05) is 6.54 Å². The highest BCUT2D eigenvalue weighted by molar-refractivity contribution is 6.07. The second-order valence-corrected chi connectivity index (χ2v) is 3.82. The Morgan fingerprint density at radius 3 is 3.07 bits per heavy atom. The van der Waals surface area contributed by atoms with Crippen LogP contribution in [0.5, 0.6) is 0 Å². The molecule has 1 atom stereocenters. The van der Waals surface area contributed by atoms with Gasteiger partial charge in [-0.3, -0.25) is 0 Å². The van der Waals surface area contributed by atoms with Gasteiger partial charge in [0, 0.05) is 17.1 Å². The number of fused-ring (bicyclic) bond motifs is 1. The molecule has 0 saturated carbocycles. The SMILES string of the molecule is CC1CN=C(c2c[nH]c3ccccc23)O1. The van der Waals surface area contributed by atoms with Crippen molar-refractivity contribution in [1.29, 1.82) is 0 Å². The average Bonchev–Trinajstić information content (AvgIpc) is 2.83. The first-order valence-corrected chi connectivity index (χ1v) is 5.12. The summed E-state index contributed by atoms with van der Waals surface area (Å²) in [6, 6.07) is 8.18. The van der Waals surface area contributed by atoms with E-state index in [1.807, 2.05) is 25.3 Å². The number of para-hydroxylation sites is 1. The standard InChI is InChI=1S/C12H12N2O/c1-8-6-14-12(15-8)10-7-13-11-5-3-2-4-9(10)11/h2-5,7-8,13H,6H2,1H3. The maximum Gasteiger partial charge on any atom is 0.218 e. The molecule has 3 nitrogen and oxygen atoms in total. The van der Waals surface area contributed by atoms with Crippen LogP contribution in [-0.4, -0.2) is 23.5 Å². The van der Waals surface area contributed by atoms with Gasteiger partial charge in [-0.2, -0.15) is 0 Å². The Morgan fingerprint density at radius 2 is 2.27 bits per heavy atom. The molecule has 0 amide bonds. The Morgan fingerprint density at radius 1 is 1.40 bits per heavy atom. The number of H-pyrrole nitrogens is 1. The van der Waals surface area contributed by atoms with Crippen molar-refractivity contribution in [2.24, 2.45) is 4.99 Å². The van der Waals surface area contributed by atoms with E-state index in [0.29, 0.717) is 0 Å². The Balaban J connectivity index is 2.12. The Labute approximate surface area is 87.8 Å². The molecule has 0 bridgehead atoms. The first-order chi connectivity index (χ1) is 7.34. The first kappa shape index (κ1) is 8.53. The zero-order valence-electron chi connectivity index (χ0n) is 8.53. The summed E-state index contributed by atoms with van der Waals surface area (Å²) in [4.78, 5) is 7.60. The van der Waals surface area contributed by atoms with Gasteiger partial charge in [-0.15, -0.1) is 0 Å². The van der Waals surface area contributed by atoms with Crippen LogP contribution in [0.1, 0.15) is 12.5 Å². The zero-order chi connectivity index (χ0) is 10.3. The van der Waals surface area contributed by atoms with Crippen molar-refractivity contribution in [3.05, 3.63) is 36.0 Å². The van der Waals surface area contributed by atoms with Gasteiger partial charge in [0.1, 0.15) is 6.10 Å². The Kier molecular flexibility index (Phi) is 1.78. The molecule has 76 valence electrons. The molecular weight excluding hydrogens is 188 g/mol. The van der Waals surface area contributed by atoms with Crippen LogP contribution in [0.2, 0.25) is 0 Å². The summed E-state index contributed by atoms with van der Waals surface area (Å²) in [6.07, 6.45) is 2.16. The highest BCUT2D eigenvalue weighted by Crippen LogP contribution is 2.21. The molecule has 3 rings (SSSR count). The van der Waals surface area contributed by atoms with Crippen molar-refractivity contribution < 1.29 is 4.74 Å². The van der Waals surface area contributed by atoms with Crippen LogP contribution in [0.4, 0.5) is 0 Å². The van der Waals surface area contributed by atoms with Gasteiger partial charge >= 0.3 is 0 Å². The van der Waals surface area contributed by atoms with Gasteiger partial charge in [-0.25, -0.2) is 4.99 Å².